The van der Waals surface area contributed by atoms with Crippen LogP contribution < -0.4 is 5.73 Å². The Hall–Kier alpha value is -1.26. The van der Waals surface area contributed by atoms with Crippen molar-refractivity contribution in [3.05, 3.63) is 28.8 Å². The molecule has 0 saturated carbocycles. The summed E-state index contributed by atoms with van der Waals surface area (Å²) < 4.78 is 0. The molecule has 1 aliphatic heterocycles. The lowest BCUT2D eigenvalue weighted by Gasteiger charge is -2.20. The van der Waals surface area contributed by atoms with Gasteiger partial charge in [0.05, 0.1) is 10.6 Å². The minimum absolute atomic E-state index is 0.0309. The fourth-order valence-electron chi connectivity index (χ4n) is 2.22. The number of carbonyl (C=O) groups excluding carboxylic acids is 1. The molecule has 1 fully saturated rings. The van der Waals surface area contributed by atoms with Crippen LogP contribution in [-0.4, -0.2) is 48.9 Å². The fraction of sp³-hybridized carbons (Fsp3) is 0.462. The molecular weight excluding hydrogens is 250 g/mol. The predicted octanol–water partition coefficient (Wildman–Crippen LogP) is 1.70. The maximum Gasteiger partial charge on any atom is 0.255 e. The van der Waals surface area contributed by atoms with Gasteiger partial charge in [0.2, 0.25) is 0 Å². The number of amides is 1. The van der Waals surface area contributed by atoms with Crippen LogP contribution in [0, 0.1) is 0 Å². The summed E-state index contributed by atoms with van der Waals surface area (Å²) in [5, 5.41) is 0.461. The number of carbonyl (C=O) groups is 1. The summed E-state index contributed by atoms with van der Waals surface area (Å²) in [4.78, 5) is 16.3. The lowest BCUT2D eigenvalue weighted by molar-refractivity contribution is 0.0783. The molecule has 1 heterocycles. The summed E-state index contributed by atoms with van der Waals surface area (Å²) in [6.07, 6.45) is 0.999. The molecule has 0 radical (unpaired) electrons. The van der Waals surface area contributed by atoms with Crippen molar-refractivity contribution in [1.29, 1.82) is 0 Å². The molecule has 0 aliphatic carbocycles. The van der Waals surface area contributed by atoms with Crippen molar-refractivity contribution in [3.63, 3.8) is 0 Å². The maximum atomic E-state index is 12.4. The third kappa shape index (κ3) is 2.60. The van der Waals surface area contributed by atoms with E-state index in [0.29, 0.717) is 22.3 Å². The van der Waals surface area contributed by atoms with Crippen LogP contribution in [0.15, 0.2) is 18.2 Å². The summed E-state index contributed by atoms with van der Waals surface area (Å²) >= 11 is 6.05. The number of hydrogen-bond donors (Lipinski definition) is 1. The van der Waals surface area contributed by atoms with Gasteiger partial charge in [0, 0.05) is 24.8 Å². The minimum Gasteiger partial charge on any atom is -0.399 e. The van der Waals surface area contributed by atoms with E-state index in [2.05, 4.69) is 4.90 Å². The number of rotatable bonds is 2. The highest BCUT2D eigenvalue weighted by Gasteiger charge is 2.28. The highest BCUT2D eigenvalue weighted by Crippen LogP contribution is 2.23. The molecule has 1 unspecified atom stereocenters. The molecule has 4 nitrogen and oxygen atoms in total. The summed E-state index contributed by atoms with van der Waals surface area (Å²) in [7, 11) is 4.07. The van der Waals surface area contributed by atoms with E-state index in [1.165, 1.54) is 0 Å². The molecule has 1 aromatic carbocycles. The van der Waals surface area contributed by atoms with Gasteiger partial charge in [-0.15, -0.1) is 0 Å². The Labute approximate surface area is 112 Å². The van der Waals surface area contributed by atoms with E-state index in [0.717, 1.165) is 19.5 Å². The van der Waals surface area contributed by atoms with E-state index in [9.17, 15) is 4.79 Å². The average molecular weight is 268 g/mol. The van der Waals surface area contributed by atoms with Crippen molar-refractivity contribution >= 4 is 23.2 Å². The summed E-state index contributed by atoms with van der Waals surface area (Å²) in [6, 6.07) is 5.44. The molecule has 1 atom stereocenters. The van der Waals surface area contributed by atoms with E-state index in [4.69, 9.17) is 17.3 Å². The van der Waals surface area contributed by atoms with Crippen LogP contribution in [0.3, 0.4) is 0 Å². The molecule has 2 rings (SSSR count). The molecule has 98 valence electrons. The average Bonchev–Trinajstić information content (AvgIpc) is 2.81. The van der Waals surface area contributed by atoms with Crippen molar-refractivity contribution in [2.75, 3.05) is 32.9 Å². The highest BCUT2D eigenvalue weighted by atomic mass is 35.5. The van der Waals surface area contributed by atoms with Gasteiger partial charge in [-0.05, 0) is 38.7 Å². The molecule has 1 aliphatic rings. The van der Waals surface area contributed by atoms with E-state index in [-0.39, 0.29) is 5.91 Å². The lowest BCUT2D eigenvalue weighted by atomic mass is 10.2. The minimum atomic E-state index is -0.0309. The van der Waals surface area contributed by atoms with Crippen molar-refractivity contribution in [2.24, 2.45) is 0 Å². The number of likely N-dealkylation sites (tertiary alicyclic amines) is 1. The van der Waals surface area contributed by atoms with Crippen molar-refractivity contribution < 1.29 is 4.79 Å². The third-order valence-corrected chi connectivity index (χ3v) is 3.73. The Balaban J connectivity index is 2.15. The van der Waals surface area contributed by atoms with Crippen LogP contribution in [0.4, 0.5) is 5.69 Å². The van der Waals surface area contributed by atoms with Gasteiger partial charge in [-0.25, -0.2) is 0 Å². The van der Waals surface area contributed by atoms with Gasteiger partial charge in [0.1, 0.15) is 0 Å². The Morgan fingerprint density at radius 1 is 1.50 bits per heavy atom. The van der Waals surface area contributed by atoms with Crippen LogP contribution in [0.25, 0.3) is 0 Å². The zero-order valence-electron chi connectivity index (χ0n) is 10.7. The van der Waals surface area contributed by atoms with Gasteiger partial charge in [0.15, 0.2) is 0 Å². The van der Waals surface area contributed by atoms with Crippen molar-refractivity contribution in [1.82, 2.24) is 9.80 Å². The molecule has 2 N–H and O–H groups in total. The predicted molar refractivity (Wildman–Crippen MR) is 73.9 cm³/mol. The molecule has 1 aromatic rings. The zero-order valence-corrected chi connectivity index (χ0v) is 11.4. The summed E-state index contributed by atoms with van der Waals surface area (Å²) in [5.74, 6) is -0.0309. The second kappa shape index (κ2) is 5.16. The topological polar surface area (TPSA) is 49.6 Å². The second-order valence-corrected chi connectivity index (χ2v) is 5.30. The Bertz CT molecular complexity index is 462. The maximum absolute atomic E-state index is 12.4. The number of nitrogens with two attached hydrogens (primary N) is 1. The number of nitrogens with zero attached hydrogens (tertiary/aromatic N) is 2. The first kappa shape index (κ1) is 13.2. The van der Waals surface area contributed by atoms with Crippen LogP contribution in [0.1, 0.15) is 16.8 Å². The Morgan fingerprint density at radius 2 is 2.22 bits per heavy atom. The van der Waals surface area contributed by atoms with Crippen molar-refractivity contribution in [2.45, 2.75) is 12.5 Å². The van der Waals surface area contributed by atoms with Gasteiger partial charge in [-0.2, -0.15) is 0 Å². The first-order valence-electron chi connectivity index (χ1n) is 6.00. The molecule has 18 heavy (non-hydrogen) atoms. The first-order valence-corrected chi connectivity index (χ1v) is 6.37. The van der Waals surface area contributed by atoms with Gasteiger partial charge in [-0.3, -0.25) is 4.79 Å². The van der Waals surface area contributed by atoms with Gasteiger partial charge < -0.3 is 15.5 Å². The third-order valence-electron chi connectivity index (χ3n) is 3.40. The highest BCUT2D eigenvalue weighted by molar-refractivity contribution is 6.34. The fourth-order valence-corrected chi connectivity index (χ4v) is 2.42. The molecule has 1 saturated heterocycles. The monoisotopic (exact) mass is 267 g/mol. The number of likely N-dealkylation sites (N-methyl/N-ethyl adjacent to an activating group) is 1. The Kier molecular flexibility index (Phi) is 3.78. The van der Waals surface area contributed by atoms with E-state index < -0.39 is 0 Å². The Morgan fingerprint density at radius 3 is 2.83 bits per heavy atom. The van der Waals surface area contributed by atoms with E-state index in [1.807, 2.05) is 19.0 Å². The number of halogens is 1. The van der Waals surface area contributed by atoms with Crippen molar-refractivity contribution in [3.8, 4) is 0 Å². The van der Waals surface area contributed by atoms with Gasteiger partial charge in [0.25, 0.3) is 5.91 Å². The number of benzene rings is 1. The zero-order chi connectivity index (χ0) is 13.3. The normalized spacial score (nSPS) is 19.6. The molecule has 0 spiro atoms. The van der Waals surface area contributed by atoms with Crippen LogP contribution in [0.5, 0.6) is 0 Å². The molecule has 1 amide bonds. The number of nitrogen functional groups attached to an aromatic ring is 1. The van der Waals surface area contributed by atoms with Crippen LogP contribution >= 0.6 is 11.6 Å². The number of anilines is 1. The lowest BCUT2D eigenvalue weighted by Crippen LogP contribution is -2.34. The van der Waals surface area contributed by atoms with E-state index in [1.54, 1.807) is 18.2 Å². The molecule has 0 aromatic heterocycles. The second-order valence-electron chi connectivity index (χ2n) is 4.90. The largest absolute Gasteiger partial charge is 0.399 e. The quantitative estimate of drug-likeness (QED) is 0.830. The molecule has 5 heteroatoms. The van der Waals surface area contributed by atoms with E-state index >= 15 is 0 Å². The standard InChI is InChI=1S/C13H18ClN3O/c1-16(2)10-5-6-17(8-10)13(18)11-7-9(15)3-4-12(11)14/h3-4,7,10H,5-6,8,15H2,1-2H3. The van der Waals surface area contributed by atoms with Gasteiger partial charge in [-0.1, -0.05) is 11.6 Å². The molecular formula is C13H18ClN3O. The SMILES string of the molecule is CN(C)C1CCN(C(=O)c2cc(N)ccc2Cl)C1. The first-order chi connectivity index (χ1) is 8.49. The van der Waals surface area contributed by atoms with Gasteiger partial charge >= 0.3 is 0 Å². The summed E-state index contributed by atoms with van der Waals surface area (Å²) in [5.41, 5.74) is 6.76. The number of hydrogen-bond acceptors (Lipinski definition) is 3. The van der Waals surface area contributed by atoms with Crippen LogP contribution in [0.2, 0.25) is 5.02 Å². The van der Waals surface area contributed by atoms with Crippen LogP contribution in [-0.2, 0) is 0 Å². The smallest absolute Gasteiger partial charge is 0.255 e. The summed E-state index contributed by atoms with van der Waals surface area (Å²) in [6.45, 7) is 1.52. The molecule has 0 bridgehead atoms.